The molecule has 16 nitrogen and oxygen atoms in total. The zero-order valence-electron chi connectivity index (χ0n) is 28.1. The number of halogens is 1. The lowest BCUT2D eigenvalue weighted by Gasteiger charge is -2.28. The fourth-order valence-corrected chi connectivity index (χ4v) is 5.46. The summed E-state index contributed by atoms with van der Waals surface area (Å²) in [4.78, 5) is 47.8. The van der Waals surface area contributed by atoms with Gasteiger partial charge in [-0.2, -0.15) is 5.10 Å². The Hall–Kier alpha value is -5.68. The van der Waals surface area contributed by atoms with E-state index < -0.39 is 35.2 Å². The van der Waals surface area contributed by atoms with E-state index >= 15 is 0 Å². The lowest BCUT2D eigenvalue weighted by Crippen LogP contribution is -2.45. The Morgan fingerprint density at radius 3 is 2.47 bits per heavy atom. The van der Waals surface area contributed by atoms with E-state index in [0.29, 0.717) is 38.2 Å². The van der Waals surface area contributed by atoms with E-state index in [2.05, 4.69) is 37.1 Å². The number of carbonyl (C=O) groups is 3. The van der Waals surface area contributed by atoms with Crippen molar-refractivity contribution in [1.29, 1.82) is 0 Å². The van der Waals surface area contributed by atoms with Crippen LogP contribution in [0.4, 0.5) is 10.5 Å². The van der Waals surface area contributed by atoms with Gasteiger partial charge < -0.3 is 39.4 Å². The molecule has 4 rings (SSSR count). The number of urea groups is 1. The van der Waals surface area contributed by atoms with Crippen LogP contribution in [-0.4, -0.2) is 67.4 Å². The molecule has 0 bridgehead atoms. The molecule has 270 valence electrons. The molecular weight excluding hydrogens is 734 g/mol. The highest BCUT2D eigenvalue weighted by Crippen LogP contribution is 2.37. The van der Waals surface area contributed by atoms with Gasteiger partial charge in [0, 0.05) is 17.3 Å². The number of hydrogen-bond acceptors (Lipinski definition) is 13. The van der Waals surface area contributed by atoms with Crippen LogP contribution in [-0.2, 0) is 20.9 Å². The van der Waals surface area contributed by atoms with Gasteiger partial charge in [-0.3, -0.25) is 15.5 Å². The number of methoxy groups -OCH3 is 1. The van der Waals surface area contributed by atoms with Crippen LogP contribution in [0.5, 0.6) is 17.2 Å². The maximum absolute atomic E-state index is 12.5. The number of nitrogens with zero attached hydrogens (tertiary/aromatic N) is 2. The number of hydrogen-bond donors (Lipinski definition) is 4. The summed E-state index contributed by atoms with van der Waals surface area (Å²) in [5.41, 5.74) is 4.67. The third kappa shape index (κ3) is 9.95. The van der Waals surface area contributed by atoms with Gasteiger partial charge in [0.1, 0.15) is 13.2 Å². The summed E-state index contributed by atoms with van der Waals surface area (Å²) < 4.78 is 27.4. The number of rotatable bonds is 16. The van der Waals surface area contributed by atoms with Crippen LogP contribution in [0.3, 0.4) is 0 Å². The Morgan fingerprint density at radius 1 is 1.06 bits per heavy atom. The van der Waals surface area contributed by atoms with Crippen molar-refractivity contribution >= 4 is 45.8 Å². The molecule has 17 heteroatoms. The van der Waals surface area contributed by atoms with E-state index in [1.54, 1.807) is 69.3 Å². The van der Waals surface area contributed by atoms with Gasteiger partial charge in [0.2, 0.25) is 5.75 Å². The predicted octanol–water partition coefficient (Wildman–Crippen LogP) is 4.63. The van der Waals surface area contributed by atoms with Crippen LogP contribution >= 0.6 is 15.9 Å². The van der Waals surface area contributed by atoms with Crippen LogP contribution in [0, 0.1) is 10.1 Å². The van der Waals surface area contributed by atoms with Gasteiger partial charge in [-0.25, -0.2) is 14.4 Å². The molecule has 1 aliphatic rings. The number of ether oxygens (including phenoxy) is 5. The zero-order valence-corrected chi connectivity index (χ0v) is 29.6. The maximum Gasteiger partial charge on any atom is 0.338 e. The molecule has 51 heavy (non-hydrogen) atoms. The number of nitro benzene ring substituents is 1. The summed E-state index contributed by atoms with van der Waals surface area (Å²) >= 11 is 3.33. The first-order valence-electron chi connectivity index (χ1n) is 15.5. The molecule has 0 saturated carbocycles. The van der Waals surface area contributed by atoms with Gasteiger partial charge >= 0.3 is 23.7 Å². The Bertz CT molecular complexity index is 1830. The van der Waals surface area contributed by atoms with Crippen LogP contribution in [0.1, 0.15) is 53.9 Å². The second kappa shape index (κ2) is 17.8. The van der Waals surface area contributed by atoms with Crippen LogP contribution in [0.15, 0.2) is 75.4 Å². The highest BCUT2D eigenvalue weighted by Gasteiger charge is 2.32. The number of aliphatic hydroxyl groups excluding tert-OH is 1. The summed E-state index contributed by atoms with van der Waals surface area (Å²) in [6.45, 7) is 5.33. The number of carbonyl (C=O) groups excluding carboxylic acids is 3. The number of esters is 2. The minimum absolute atomic E-state index is 0.000607. The fourth-order valence-electron chi connectivity index (χ4n) is 4.88. The van der Waals surface area contributed by atoms with Crippen LogP contribution in [0.2, 0.25) is 0 Å². The lowest BCUT2D eigenvalue weighted by molar-refractivity contribution is -0.386. The Balaban J connectivity index is 1.39. The monoisotopic (exact) mass is 769 g/mol. The summed E-state index contributed by atoms with van der Waals surface area (Å²) in [7, 11) is 1.25. The molecule has 0 unspecified atom stereocenters. The highest BCUT2D eigenvalue weighted by atomic mass is 79.9. The topological polar surface area (TPSA) is 209 Å². The first-order chi connectivity index (χ1) is 24.4. The Kier molecular flexibility index (Phi) is 13.3. The fraction of sp³-hybridized carbons (Fsp3) is 0.294. The lowest BCUT2D eigenvalue weighted by atomic mass is 9.95. The molecule has 4 N–H and O–H groups in total. The van der Waals surface area contributed by atoms with Crippen molar-refractivity contribution in [3.63, 3.8) is 0 Å². The minimum Gasteiger partial charge on any atom is -0.490 e. The highest BCUT2D eigenvalue weighted by molar-refractivity contribution is 9.10. The first-order valence-corrected chi connectivity index (χ1v) is 16.3. The van der Waals surface area contributed by atoms with Gasteiger partial charge in [-0.1, -0.05) is 18.2 Å². The quantitative estimate of drug-likeness (QED) is 0.0517. The molecule has 0 saturated heterocycles. The molecule has 0 fully saturated rings. The third-order valence-corrected chi connectivity index (χ3v) is 7.79. The standard InChI is InChI=1S/C34H36BrN5O11/c1-5-48-27-15-23(30-29(33(43)47-4)19(3)37-34(44)38-30)11-12-26(27)50-18-28(41)39-36-16-21-13-24(35)31(25(14-21)40(45)46)51-17-20-7-9-22(10-8-20)32(42)49-6-2/h7-16,28,30,39,41H,5-6,17-18H2,1-4H3,(H2,37,38,44)/b36-16+/t28-,30+/m1/s1. The minimum atomic E-state index is -1.30. The smallest absolute Gasteiger partial charge is 0.338 e. The number of allylic oxidation sites excluding steroid dienone is 1. The summed E-state index contributed by atoms with van der Waals surface area (Å²) in [5.74, 6) is -0.489. The average Bonchev–Trinajstić information content (AvgIpc) is 3.10. The number of aliphatic hydroxyl groups is 1. The SMILES string of the molecule is CCOC(=O)c1ccc(COc2c(Br)cc(/C=N/N[C@H](O)COc3ccc([C@@H]4NC(=O)NC(C)=C4C(=O)OC)cc3OCC)cc2[N+](=O)[O-])cc1. The second-order valence-corrected chi connectivity index (χ2v) is 11.6. The molecular formula is C34H36BrN5O11. The van der Waals surface area contributed by atoms with Crippen molar-refractivity contribution < 1.29 is 48.1 Å². The van der Waals surface area contributed by atoms with Crippen LogP contribution in [0.25, 0.3) is 0 Å². The van der Waals surface area contributed by atoms with Crippen molar-refractivity contribution in [3.8, 4) is 17.2 Å². The summed E-state index contributed by atoms with van der Waals surface area (Å²) in [5, 5.41) is 31.6. The normalized spacial score (nSPS) is 14.6. The van der Waals surface area contributed by atoms with E-state index in [1.165, 1.54) is 19.4 Å². The molecule has 0 radical (unpaired) electrons. The van der Waals surface area contributed by atoms with E-state index in [9.17, 15) is 29.6 Å². The van der Waals surface area contributed by atoms with E-state index in [1.807, 2.05) is 0 Å². The van der Waals surface area contributed by atoms with E-state index in [4.69, 9.17) is 23.7 Å². The van der Waals surface area contributed by atoms with Crippen molar-refractivity contribution in [1.82, 2.24) is 16.1 Å². The van der Waals surface area contributed by atoms with Gasteiger partial charge in [0.25, 0.3) is 0 Å². The largest absolute Gasteiger partial charge is 0.490 e. The maximum atomic E-state index is 12.5. The molecule has 2 atom stereocenters. The number of amides is 2. The van der Waals surface area contributed by atoms with Gasteiger partial charge in [-0.05, 0) is 78.2 Å². The van der Waals surface area contributed by atoms with Crippen molar-refractivity contribution in [3.05, 3.63) is 103 Å². The summed E-state index contributed by atoms with van der Waals surface area (Å²) in [6.07, 6.45) is -0.0204. The van der Waals surface area contributed by atoms with Crippen molar-refractivity contribution in [2.24, 2.45) is 5.10 Å². The molecule has 0 aliphatic carbocycles. The zero-order chi connectivity index (χ0) is 37.1. The number of benzene rings is 3. The van der Waals surface area contributed by atoms with Gasteiger partial charge in [0.05, 0.1) is 53.1 Å². The number of nitro groups is 1. The predicted molar refractivity (Wildman–Crippen MR) is 186 cm³/mol. The number of nitrogens with one attached hydrogen (secondary N) is 3. The third-order valence-electron chi connectivity index (χ3n) is 7.20. The van der Waals surface area contributed by atoms with Crippen molar-refractivity contribution in [2.45, 2.75) is 39.6 Å². The van der Waals surface area contributed by atoms with E-state index in [-0.39, 0.29) is 49.2 Å². The molecule has 2 amide bonds. The Morgan fingerprint density at radius 2 is 1.80 bits per heavy atom. The molecule has 3 aromatic rings. The van der Waals surface area contributed by atoms with Crippen LogP contribution < -0.4 is 30.3 Å². The molecule has 1 aliphatic heterocycles. The molecule has 1 heterocycles. The van der Waals surface area contributed by atoms with Crippen molar-refractivity contribution in [2.75, 3.05) is 26.9 Å². The first kappa shape index (κ1) is 38.1. The molecule has 3 aromatic carbocycles. The average molecular weight is 771 g/mol. The summed E-state index contributed by atoms with van der Waals surface area (Å²) in [6, 6.07) is 12.9. The number of hydrazone groups is 1. The van der Waals surface area contributed by atoms with Gasteiger partial charge in [0.15, 0.2) is 17.7 Å². The molecule has 0 aromatic heterocycles. The van der Waals surface area contributed by atoms with E-state index in [0.717, 1.165) is 0 Å². The second-order valence-electron chi connectivity index (χ2n) is 10.7. The Labute approximate surface area is 301 Å². The molecule has 0 spiro atoms. The van der Waals surface area contributed by atoms with Gasteiger partial charge in [-0.15, -0.1) is 0 Å².